The van der Waals surface area contributed by atoms with Gasteiger partial charge >= 0.3 is 7.25 Å². The van der Waals surface area contributed by atoms with Crippen LogP contribution in [0.2, 0.25) is 0 Å². The van der Waals surface area contributed by atoms with Crippen molar-refractivity contribution in [2.24, 2.45) is 0 Å². The molecule has 2 rings (SSSR count). The van der Waals surface area contributed by atoms with Gasteiger partial charge in [-0.15, -0.1) is 4.21 Å². The molecule has 0 N–H and O–H groups in total. The highest BCUT2D eigenvalue weighted by atomic mass is 32.1. The van der Waals surface area contributed by atoms with Crippen molar-refractivity contribution < 1.29 is 21.5 Å². The molecule has 0 unspecified atom stereocenters. The third-order valence-corrected chi connectivity index (χ3v) is 3.29. The van der Waals surface area contributed by atoms with Gasteiger partial charge in [0.15, 0.2) is 5.25 Å². The van der Waals surface area contributed by atoms with Gasteiger partial charge in [0.25, 0.3) is 0 Å². The van der Waals surface area contributed by atoms with Crippen molar-refractivity contribution in [3.8, 4) is 0 Å². The van der Waals surface area contributed by atoms with E-state index in [1.165, 1.54) is 0 Å². The SMILES string of the molecule is F[B-](F)(F)F.O=[SH2+]C(c1ccccc1)c1ccccc1. The summed E-state index contributed by atoms with van der Waals surface area (Å²) in [5, 5.41) is 0.00685. The summed E-state index contributed by atoms with van der Waals surface area (Å²) in [4.78, 5) is 0. The fourth-order valence-corrected chi connectivity index (χ4v) is 2.28. The zero-order valence-electron chi connectivity index (χ0n) is 10.3. The van der Waals surface area contributed by atoms with E-state index in [1.54, 1.807) is 0 Å². The predicted octanol–water partition coefficient (Wildman–Crippen LogP) is 3.97. The zero-order valence-corrected chi connectivity index (χ0v) is 11.3. The molecular weight excluding hydrogens is 291 g/mol. The quantitative estimate of drug-likeness (QED) is 0.476. The molecule has 0 radical (unpaired) electrons. The Balaban J connectivity index is 0.000000347. The molecular formula is C13H13BF4OS. The molecule has 0 saturated heterocycles. The number of hydrogen-bond donors (Lipinski definition) is 0. The lowest BCUT2D eigenvalue weighted by Gasteiger charge is -2.06. The van der Waals surface area contributed by atoms with Crippen LogP contribution in [0.4, 0.5) is 17.3 Å². The first-order valence-electron chi connectivity index (χ1n) is 5.76. The van der Waals surface area contributed by atoms with Gasteiger partial charge in [-0.05, 0) is 0 Å². The molecule has 0 bridgehead atoms. The molecule has 7 heteroatoms. The monoisotopic (exact) mass is 304 g/mol. The summed E-state index contributed by atoms with van der Waals surface area (Å²) in [5.74, 6) is 0. The molecule has 2 aromatic carbocycles. The van der Waals surface area contributed by atoms with Gasteiger partial charge in [-0.25, -0.2) is 0 Å². The average Bonchev–Trinajstić information content (AvgIpc) is 2.40. The van der Waals surface area contributed by atoms with Crippen LogP contribution in [-0.4, -0.2) is 7.25 Å². The van der Waals surface area contributed by atoms with Crippen LogP contribution in [0, 0.1) is 0 Å². The molecule has 0 aliphatic heterocycles. The summed E-state index contributed by atoms with van der Waals surface area (Å²) in [6, 6.07) is 19.9. The minimum atomic E-state index is -6.00. The van der Waals surface area contributed by atoms with E-state index >= 15 is 0 Å². The first kappa shape index (κ1) is 16.4. The van der Waals surface area contributed by atoms with Crippen molar-refractivity contribution in [3.05, 3.63) is 71.8 Å². The number of rotatable bonds is 3. The highest BCUT2D eigenvalue weighted by Crippen LogP contribution is 2.23. The Kier molecular flexibility index (Phi) is 6.44. The summed E-state index contributed by atoms with van der Waals surface area (Å²) >= 11 is -0.346. The summed E-state index contributed by atoms with van der Waals surface area (Å²) in [6.45, 7) is 0. The molecule has 2 aromatic rings. The highest BCUT2D eigenvalue weighted by molar-refractivity contribution is 7.66. The van der Waals surface area contributed by atoms with Gasteiger partial charge < -0.3 is 17.3 Å². The van der Waals surface area contributed by atoms with E-state index in [9.17, 15) is 21.5 Å². The lowest BCUT2D eigenvalue weighted by molar-refractivity contribution is 0.368. The fourth-order valence-electron chi connectivity index (χ4n) is 1.62. The Morgan fingerprint density at radius 3 is 1.30 bits per heavy atom. The second-order valence-electron chi connectivity index (χ2n) is 3.87. The van der Waals surface area contributed by atoms with Crippen LogP contribution in [0.15, 0.2) is 60.7 Å². The smallest absolute Gasteiger partial charge is 0.418 e. The molecule has 0 saturated carbocycles. The van der Waals surface area contributed by atoms with Gasteiger partial charge in [0, 0.05) is 11.1 Å². The minimum absolute atomic E-state index is 0.00685. The minimum Gasteiger partial charge on any atom is -0.418 e. The largest absolute Gasteiger partial charge is 0.673 e. The van der Waals surface area contributed by atoms with Crippen molar-refractivity contribution in [3.63, 3.8) is 0 Å². The fraction of sp³-hybridized carbons (Fsp3) is 0.0769. The van der Waals surface area contributed by atoms with Crippen molar-refractivity contribution in [2.45, 2.75) is 5.25 Å². The predicted molar refractivity (Wildman–Crippen MR) is 75.8 cm³/mol. The van der Waals surface area contributed by atoms with Crippen molar-refractivity contribution >= 4 is 18.9 Å². The number of benzene rings is 2. The Bertz CT molecular complexity index is 473. The molecule has 0 amide bonds. The van der Waals surface area contributed by atoms with E-state index < -0.39 is 7.25 Å². The zero-order chi connectivity index (χ0) is 15.0. The van der Waals surface area contributed by atoms with Crippen LogP contribution < -0.4 is 0 Å². The first-order valence-corrected chi connectivity index (χ1v) is 6.75. The van der Waals surface area contributed by atoms with E-state index in [0.29, 0.717) is 0 Å². The Morgan fingerprint density at radius 1 is 0.750 bits per heavy atom. The van der Waals surface area contributed by atoms with Crippen molar-refractivity contribution in [2.75, 3.05) is 0 Å². The lowest BCUT2D eigenvalue weighted by atomic mass is 10.0. The van der Waals surface area contributed by atoms with Crippen LogP contribution >= 0.6 is 0 Å². The van der Waals surface area contributed by atoms with Crippen LogP contribution in [0.1, 0.15) is 16.4 Å². The second-order valence-corrected chi connectivity index (χ2v) is 4.68. The topological polar surface area (TPSA) is 17.1 Å². The van der Waals surface area contributed by atoms with Crippen LogP contribution in [-0.2, 0) is 15.9 Å². The molecule has 0 heterocycles. The Labute approximate surface area is 118 Å². The van der Waals surface area contributed by atoms with Gasteiger partial charge in [-0.2, -0.15) is 0 Å². The molecule has 0 aliphatic carbocycles. The van der Waals surface area contributed by atoms with Crippen molar-refractivity contribution in [1.82, 2.24) is 0 Å². The average molecular weight is 304 g/mol. The highest BCUT2D eigenvalue weighted by Gasteiger charge is 2.20. The van der Waals surface area contributed by atoms with Gasteiger partial charge in [-0.1, -0.05) is 60.7 Å². The van der Waals surface area contributed by atoms with Crippen LogP contribution in [0.3, 0.4) is 0 Å². The Hall–Kier alpha value is -1.63. The molecule has 1 nitrogen and oxygen atoms in total. The maximum Gasteiger partial charge on any atom is 0.673 e. The van der Waals surface area contributed by atoms with Gasteiger partial charge in [-0.3, -0.25) is 0 Å². The first-order chi connectivity index (χ1) is 9.42. The van der Waals surface area contributed by atoms with Gasteiger partial charge in [0.2, 0.25) is 0 Å². The van der Waals surface area contributed by atoms with Gasteiger partial charge in [0.05, 0.1) is 11.7 Å². The van der Waals surface area contributed by atoms with Crippen LogP contribution in [0.5, 0.6) is 0 Å². The lowest BCUT2D eigenvalue weighted by Crippen LogP contribution is -2.02. The third kappa shape index (κ3) is 6.52. The molecule has 0 aliphatic rings. The molecule has 0 fully saturated rings. The second kappa shape index (κ2) is 7.84. The third-order valence-electron chi connectivity index (χ3n) is 2.38. The molecule has 108 valence electrons. The van der Waals surface area contributed by atoms with E-state index in [4.69, 9.17) is 0 Å². The van der Waals surface area contributed by atoms with E-state index in [1.807, 2.05) is 60.7 Å². The van der Waals surface area contributed by atoms with Crippen molar-refractivity contribution in [1.29, 1.82) is 0 Å². The molecule has 0 atom stereocenters. The summed E-state index contributed by atoms with van der Waals surface area (Å²) in [5.41, 5.74) is 2.22. The maximum absolute atomic E-state index is 11.3. The molecule has 20 heavy (non-hydrogen) atoms. The number of hydrogen-bond acceptors (Lipinski definition) is 1. The van der Waals surface area contributed by atoms with E-state index in [2.05, 4.69) is 0 Å². The summed E-state index contributed by atoms with van der Waals surface area (Å²) < 4.78 is 50.3. The van der Waals surface area contributed by atoms with E-state index in [0.717, 1.165) is 11.1 Å². The van der Waals surface area contributed by atoms with Crippen LogP contribution in [0.25, 0.3) is 0 Å². The standard InChI is InChI=1S/C13H12OS.BF4/c14-15-13(11-7-3-1-4-8-11)12-9-5-2-6-10-12;2-1(3,4)5/h1-10,13,15H;/q;-1/p+1. The van der Waals surface area contributed by atoms with Gasteiger partial charge in [0.1, 0.15) is 0 Å². The molecule has 0 spiro atoms. The number of halogens is 4. The summed E-state index contributed by atoms with van der Waals surface area (Å²) in [6.07, 6.45) is 0. The Morgan fingerprint density at radius 2 is 1.05 bits per heavy atom. The molecule has 0 aromatic heterocycles. The summed E-state index contributed by atoms with van der Waals surface area (Å²) in [7, 11) is -6.00. The van der Waals surface area contributed by atoms with E-state index in [-0.39, 0.29) is 16.9 Å². The normalized spacial score (nSPS) is 11.4. The maximum atomic E-state index is 11.3.